The maximum atomic E-state index is 12.6. The van der Waals surface area contributed by atoms with Gasteiger partial charge in [0.2, 0.25) is 0 Å². The number of amides is 1. The van der Waals surface area contributed by atoms with Crippen LogP contribution in [0.1, 0.15) is 31.4 Å². The summed E-state index contributed by atoms with van der Waals surface area (Å²) < 4.78 is 7.21. The molecule has 0 unspecified atom stereocenters. The predicted molar refractivity (Wildman–Crippen MR) is 98.8 cm³/mol. The number of hydrogen-bond acceptors (Lipinski definition) is 5. The summed E-state index contributed by atoms with van der Waals surface area (Å²) in [6.07, 6.45) is 0. The summed E-state index contributed by atoms with van der Waals surface area (Å²) in [7, 11) is 3.11. The lowest BCUT2D eigenvalue weighted by atomic mass is 10.1. The van der Waals surface area contributed by atoms with Gasteiger partial charge in [0.05, 0.1) is 23.4 Å². The second-order valence-electron chi connectivity index (χ2n) is 5.57. The molecule has 0 aliphatic heterocycles. The van der Waals surface area contributed by atoms with Crippen LogP contribution in [0.3, 0.4) is 0 Å². The highest BCUT2D eigenvalue weighted by Crippen LogP contribution is 2.37. The molecule has 1 N–H and O–H groups in total. The fourth-order valence-electron chi connectivity index (χ4n) is 2.66. The summed E-state index contributed by atoms with van der Waals surface area (Å²) in [5.41, 5.74) is 2.64. The number of thiophene rings is 1. The van der Waals surface area contributed by atoms with Crippen molar-refractivity contribution in [1.82, 2.24) is 9.78 Å². The summed E-state index contributed by atoms with van der Waals surface area (Å²) in [6.45, 7) is 3.65. The number of nitrogens with one attached hydrogen (secondary N) is 1. The Kier molecular flexibility index (Phi) is 4.53. The van der Waals surface area contributed by atoms with Crippen molar-refractivity contribution in [3.8, 4) is 0 Å². The number of aromatic nitrogens is 2. The van der Waals surface area contributed by atoms with Gasteiger partial charge in [-0.1, -0.05) is 11.6 Å². The van der Waals surface area contributed by atoms with Crippen molar-refractivity contribution in [2.45, 2.75) is 13.8 Å². The third kappa shape index (κ3) is 3.01. The fraction of sp³-hybridized carbons (Fsp3) is 0.235. The monoisotopic (exact) mass is 377 g/mol. The molecule has 1 amide bonds. The highest BCUT2D eigenvalue weighted by molar-refractivity contribution is 7.21. The molecule has 0 atom stereocenters. The largest absolute Gasteiger partial charge is 0.465 e. The number of fused-ring (bicyclic) bond motifs is 1. The highest BCUT2D eigenvalue weighted by Gasteiger charge is 2.20. The van der Waals surface area contributed by atoms with Crippen LogP contribution >= 0.6 is 22.9 Å². The number of benzene rings is 1. The first-order chi connectivity index (χ1) is 11.8. The van der Waals surface area contributed by atoms with E-state index in [2.05, 4.69) is 10.4 Å². The Morgan fingerprint density at radius 3 is 2.64 bits per heavy atom. The summed E-state index contributed by atoms with van der Waals surface area (Å²) >= 11 is 7.47. The maximum Gasteiger partial charge on any atom is 0.349 e. The van der Waals surface area contributed by atoms with E-state index in [0.717, 1.165) is 15.8 Å². The van der Waals surface area contributed by atoms with Gasteiger partial charge in [-0.2, -0.15) is 5.10 Å². The molecule has 0 aliphatic carbocycles. The lowest BCUT2D eigenvalue weighted by Crippen LogP contribution is -2.14. The van der Waals surface area contributed by atoms with E-state index in [9.17, 15) is 9.59 Å². The molecule has 2 heterocycles. The number of hydrogen-bond donors (Lipinski definition) is 1. The predicted octanol–water partition coefficient (Wildman–Crippen LogP) is 3.94. The minimum Gasteiger partial charge on any atom is -0.465 e. The van der Waals surface area contributed by atoms with Gasteiger partial charge in [-0.25, -0.2) is 4.79 Å². The lowest BCUT2D eigenvalue weighted by molar-refractivity contribution is 0.0606. The molecule has 0 spiro atoms. The summed E-state index contributed by atoms with van der Waals surface area (Å²) in [6, 6.07) is 5.32. The molecule has 2 aromatic heterocycles. The number of rotatable bonds is 3. The Labute approximate surface area is 153 Å². The molecule has 0 saturated carbocycles. The number of carbonyl (C=O) groups excluding carboxylic acids is 2. The Bertz CT molecular complexity index is 1010. The Morgan fingerprint density at radius 1 is 1.32 bits per heavy atom. The minimum absolute atomic E-state index is 0.224. The van der Waals surface area contributed by atoms with Gasteiger partial charge in [-0.3, -0.25) is 9.48 Å². The number of halogens is 1. The van der Waals surface area contributed by atoms with Gasteiger partial charge in [-0.05, 0) is 32.0 Å². The van der Waals surface area contributed by atoms with Crippen molar-refractivity contribution in [3.63, 3.8) is 0 Å². The second-order valence-corrected chi connectivity index (χ2v) is 7.00. The molecule has 6 nitrogen and oxygen atoms in total. The zero-order chi connectivity index (χ0) is 18.3. The molecule has 0 fully saturated rings. The number of methoxy groups -OCH3 is 1. The first kappa shape index (κ1) is 17.4. The van der Waals surface area contributed by atoms with Crippen molar-refractivity contribution in [1.29, 1.82) is 0 Å². The first-order valence-electron chi connectivity index (χ1n) is 7.45. The number of aryl methyl sites for hydroxylation is 2. The van der Waals surface area contributed by atoms with Crippen molar-refractivity contribution >= 4 is 50.6 Å². The molecule has 0 saturated heterocycles. The zero-order valence-corrected chi connectivity index (χ0v) is 15.7. The van der Waals surface area contributed by atoms with Gasteiger partial charge in [-0.15, -0.1) is 11.3 Å². The molecule has 3 rings (SSSR count). The van der Waals surface area contributed by atoms with Crippen LogP contribution in [0.25, 0.3) is 10.1 Å². The summed E-state index contributed by atoms with van der Waals surface area (Å²) in [5, 5.41) is 8.24. The fourth-order valence-corrected chi connectivity index (χ4v) is 4.13. The third-order valence-corrected chi connectivity index (χ3v) is 5.63. The number of carbonyl (C=O) groups is 2. The molecule has 0 aliphatic rings. The van der Waals surface area contributed by atoms with Gasteiger partial charge in [0.25, 0.3) is 5.91 Å². The maximum absolute atomic E-state index is 12.6. The lowest BCUT2D eigenvalue weighted by Gasteiger charge is -2.06. The molecule has 130 valence electrons. The quantitative estimate of drug-likeness (QED) is 0.701. The molecular weight excluding hydrogens is 362 g/mol. The van der Waals surface area contributed by atoms with Crippen LogP contribution in [-0.4, -0.2) is 28.8 Å². The number of esters is 1. The first-order valence-corrected chi connectivity index (χ1v) is 8.64. The van der Waals surface area contributed by atoms with Gasteiger partial charge < -0.3 is 10.1 Å². The number of ether oxygens (including phenoxy) is 1. The zero-order valence-electron chi connectivity index (χ0n) is 14.1. The van der Waals surface area contributed by atoms with E-state index in [1.165, 1.54) is 18.4 Å². The van der Waals surface area contributed by atoms with Crippen molar-refractivity contribution in [2.75, 3.05) is 12.4 Å². The molecule has 0 radical (unpaired) electrons. The Morgan fingerprint density at radius 2 is 2.04 bits per heavy atom. The topological polar surface area (TPSA) is 73.2 Å². The Balaban J connectivity index is 1.94. The number of anilines is 1. The SMILES string of the molecule is COC(=O)c1sc2cc(NC(=O)c3c(C)nn(C)c3C)ccc2c1Cl. The van der Waals surface area contributed by atoms with Gasteiger partial charge in [0.1, 0.15) is 4.88 Å². The third-order valence-electron chi connectivity index (χ3n) is 3.99. The van der Waals surface area contributed by atoms with Crippen LogP contribution in [0.15, 0.2) is 18.2 Å². The minimum atomic E-state index is -0.474. The molecular formula is C17H16ClN3O3S. The second kappa shape index (κ2) is 6.50. The van der Waals surface area contributed by atoms with E-state index in [-0.39, 0.29) is 5.91 Å². The van der Waals surface area contributed by atoms with Crippen LogP contribution < -0.4 is 5.32 Å². The van der Waals surface area contributed by atoms with E-state index in [0.29, 0.717) is 26.8 Å². The van der Waals surface area contributed by atoms with Crippen LogP contribution in [0.5, 0.6) is 0 Å². The summed E-state index contributed by atoms with van der Waals surface area (Å²) in [5.74, 6) is -0.698. The van der Waals surface area contributed by atoms with Gasteiger partial charge in [0.15, 0.2) is 0 Å². The van der Waals surface area contributed by atoms with Gasteiger partial charge in [0, 0.05) is 28.5 Å². The smallest absolute Gasteiger partial charge is 0.349 e. The van der Waals surface area contributed by atoms with E-state index in [1.54, 1.807) is 36.9 Å². The standard InChI is InChI=1S/C17H16ClN3O3S/c1-8-13(9(2)21(3)20-8)16(22)19-10-5-6-11-12(7-10)25-15(14(11)18)17(23)24-4/h5-7H,1-4H3,(H,19,22). The molecule has 8 heteroatoms. The van der Waals surface area contributed by atoms with E-state index in [1.807, 2.05) is 6.92 Å². The molecule has 0 bridgehead atoms. The van der Waals surface area contributed by atoms with Gasteiger partial charge >= 0.3 is 5.97 Å². The average Bonchev–Trinajstić information content (AvgIpc) is 3.03. The van der Waals surface area contributed by atoms with Crippen LogP contribution in [0, 0.1) is 13.8 Å². The van der Waals surface area contributed by atoms with E-state index >= 15 is 0 Å². The Hall–Kier alpha value is -2.38. The average molecular weight is 378 g/mol. The van der Waals surface area contributed by atoms with E-state index < -0.39 is 5.97 Å². The molecule has 25 heavy (non-hydrogen) atoms. The number of nitrogens with zero attached hydrogens (tertiary/aromatic N) is 2. The van der Waals surface area contributed by atoms with Crippen LogP contribution in [0.4, 0.5) is 5.69 Å². The summed E-state index contributed by atoms with van der Waals surface area (Å²) in [4.78, 5) is 24.7. The van der Waals surface area contributed by atoms with Crippen molar-refractivity contribution in [2.24, 2.45) is 7.05 Å². The highest BCUT2D eigenvalue weighted by atomic mass is 35.5. The van der Waals surface area contributed by atoms with Crippen molar-refractivity contribution in [3.05, 3.63) is 45.1 Å². The van der Waals surface area contributed by atoms with Crippen molar-refractivity contribution < 1.29 is 14.3 Å². The van der Waals surface area contributed by atoms with Crippen LogP contribution in [-0.2, 0) is 11.8 Å². The normalized spacial score (nSPS) is 10.9. The van der Waals surface area contributed by atoms with Crippen LogP contribution in [0.2, 0.25) is 5.02 Å². The molecule has 3 aromatic rings. The van der Waals surface area contributed by atoms with E-state index in [4.69, 9.17) is 16.3 Å². The molecule has 1 aromatic carbocycles.